The smallest absolute Gasteiger partial charge is 0.160 e. The number of benzene rings is 1. The molecule has 3 heterocycles. The van der Waals surface area contributed by atoms with Crippen molar-refractivity contribution in [1.82, 2.24) is 24.7 Å². The second-order valence-electron chi connectivity index (χ2n) is 9.41. The predicted octanol–water partition coefficient (Wildman–Crippen LogP) is 2.81. The van der Waals surface area contributed by atoms with Crippen LogP contribution in [0.2, 0.25) is 5.02 Å². The molecule has 3 aromatic rings. The molecule has 0 N–H and O–H groups in total. The molecule has 3 atom stereocenters. The van der Waals surface area contributed by atoms with E-state index in [-0.39, 0.29) is 23.2 Å². The van der Waals surface area contributed by atoms with Crippen molar-refractivity contribution in [3.63, 3.8) is 0 Å². The Morgan fingerprint density at radius 1 is 1.08 bits per heavy atom. The number of hydrogen-bond acceptors (Lipinski definition) is 10. The van der Waals surface area contributed by atoms with E-state index in [4.69, 9.17) is 21.1 Å². The van der Waals surface area contributed by atoms with E-state index in [0.717, 1.165) is 0 Å². The van der Waals surface area contributed by atoms with Crippen molar-refractivity contribution in [2.45, 2.75) is 43.6 Å². The number of para-hydroxylation sites is 1. The van der Waals surface area contributed by atoms with Crippen molar-refractivity contribution in [2.75, 3.05) is 25.7 Å². The Kier molecular flexibility index (Phi) is 8.29. The number of hydrogen-bond donors (Lipinski definition) is 0. The summed E-state index contributed by atoms with van der Waals surface area (Å²) in [5.74, 6) is 0.885. The van der Waals surface area contributed by atoms with Crippen LogP contribution in [0.15, 0.2) is 30.6 Å². The first kappa shape index (κ1) is 28.2. The summed E-state index contributed by atoms with van der Waals surface area (Å²) in [6.45, 7) is 3.35. The number of halogens is 1. The normalized spacial score (nSPS) is 18.7. The molecule has 4 rings (SSSR count). The zero-order valence-electron chi connectivity index (χ0n) is 21.5. The summed E-state index contributed by atoms with van der Waals surface area (Å²) in [5, 5.41) is 8.08. The largest absolute Gasteiger partial charge is 0.494 e. The van der Waals surface area contributed by atoms with Gasteiger partial charge in [0.15, 0.2) is 25.5 Å². The number of nitrogens with zero attached hydrogens (tertiary/aromatic N) is 5. The molecule has 1 aliphatic rings. The molecule has 38 heavy (non-hydrogen) atoms. The number of methoxy groups -OCH3 is 2. The lowest BCUT2D eigenvalue weighted by Crippen LogP contribution is -2.27. The molecular formula is C24H30ClN5O6S2. The molecular weight excluding hydrogens is 554 g/mol. The topological polar surface area (TPSA) is 143 Å². The lowest BCUT2D eigenvalue weighted by atomic mass is 10.0. The van der Waals surface area contributed by atoms with E-state index in [0.29, 0.717) is 46.7 Å². The monoisotopic (exact) mass is 583 g/mol. The Hall–Kier alpha value is -2.77. The fraction of sp³-hybridized carbons (Fsp3) is 0.500. The fourth-order valence-electron chi connectivity index (χ4n) is 4.57. The standard InChI is InChI=1S/C24H30ClN5O6S2/c1-15(24-26-11-18(25)12-27-24)16(2)38(33,34)14-22-29-28-21(10-17-8-9-37(31,32)13-17)30(22)23-19(35-3)6-5-7-20(23)36-4/h5-7,11-12,15-17H,8-10,13-14H2,1-4H3/t15-,16-,17-/m0/s1. The minimum atomic E-state index is -3.79. The summed E-state index contributed by atoms with van der Waals surface area (Å²) in [4.78, 5) is 8.36. The molecule has 11 nitrogen and oxygen atoms in total. The van der Waals surface area contributed by atoms with Crippen LogP contribution >= 0.6 is 11.6 Å². The first-order valence-corrected chi connectivity index (χ1v) is 15.9. The summed E-state index contributed by atoms with van der Waals surface area (Å²) in [6.07, 6.45) is 3.67. The molecule has 2 aromatic heterocycles. The van der Waals surface area contributed by atoms with Gasteiger partial charge in [0.05, 0.1) is 36.0 Å². The first-order chi connectivity index (χ1) is 18.0. The predicted molar refractivity (Wildman–Crippen MR) is 142 cm³/mol. The molecule has 1 aromatic carbocycles. The van der Waals surface area contributed by atoms with Gasteiger partial charge in [-0.25, -0.2) is 26.8 Å². The highest BCUT2D eigenvalue weighted by Gasteiger charge is 2.34. The third kappa shape index (κ3) is 5.94. The Bertz CT molecular complexity index is 1490. The van der Waals surface area contributed by atoms with Gasteiger partial charge in [-0.15, -0.1) is 10.2 Å². The van der Waals surface area contributed by atoms with Crippen LogP contribution in [0.5, 0.6) is 11.5 Å². The average Bonchev–Trinajstić information content (AvgIpc) is 3.43. The third-order valence-electron chi connectivity index (χ3n) is 6.87. The van der Waals surface area contributed by atoms with Gasteiger partial charge in [0.2, 0.25) is 0 Å². The van der Waals surface area contributed by atoms with E-state index in [9.17, 15) is 16.8 Å². The first-order valence-electron chi connectivity index (χ1n) is 12.0. The molecule has 0 unspecified atom stereocenters. The second-order valence-corrected chi connectivity index (χ2v) is 14.4. The van der Waals surface area contributed by atoms with Crippen LogP contribution in [0, 0.1) is 5.92 Å². The van der Waals surface area contributed by atoms with Crippen LogP contribution in [0.4, 0.5) is 0 Å². The molecule has 1 saturated heterocycles. The molecule has 0 aliphatic carbocycles. The minimum absolute atomic E-state index is 0.0478. The van der Waals surface area contributed by atoms with Crippen molar-refractivity contribution < 1.29 is 26.3 Å². The number of rotatable bonds is 10. The van der Waals surface area contributed by atoms with Gasteiger partial charge in [-0.2, -0.15) is 0 Å². The van der Waals surface area contributed by atoms with E-state index in [2.05, 4.69) is 20.2 Å². The summed E-state index contributed by atoms with van der Waals surface area (Å²) in [7, 11) is -3.90. The lowest BCUT2D eigenvalue weighted by Gasteiger charge is -2.21. The maximum atomic E-state index is 13.6. The van der Waals surface area contributed by atoms with Gasteiger partial charge in [-0.05, 0) is 31.4 Å². The number of ether oxygens (including phenoxy) is 2. The van der Waals surface area contributed by atoms with Crippen molar-refractivity contribution >= 4 is 31.3 Å². The molecule has 206 valence electrons. The maximum absolute atomic E-state index is 13.6. The van der Waals surface area contributed by atoms with Gasteiger partial charge >= 0.3 is 0 Å². The van der Waals surface area contributed by atoms with E-state index < -0.39 is 36.6 Å². The highest BCUT2D eigenvalue weighted by molar-refractivity contribution is 7.91. The van der Waals surface area contributed by atoms with Crippen LogP contribution in [0.1, 0.15) is 43.7 Å². The second kappa shape index (κ2) is 11.1. The van der Waals surface area contributed by atoms with Crippen LogP contribution < -0.4 is 9.47 Å². The van der Waals surface area contributed by atoms with Gasteiger partial charge in [-0.3, -0.25) is 4.57 Å². The molecule has 1 fully saturated rings. The van der Waals surface area contributed by atoms with Gasteiger partial charge in [-0.1, -0.05) is 24.6 Å². The Labute approximate surface area is 227 Å². The zero-order valence-corrected chi connectivity index (χ0v) is 23.9. The summed E-state index contributed by atoms with van der Waals surface area (Å²) >= 11 is 5.88. The molecule has 0 amide bonds. The van der Waals surface area contributed by atoms with Gasteiger partial charge in [0.1, 0.15) is 34.6 Å². The molecule has 0 radical (unpaired) electrons. The Morgan fingerprint density at radius 3 is 2.24 bits per heavy atom. The van der Waals surface area contributed by atoms with Crippen molar-refractivity contribution in [3.05, 3.63) is 53.1 Å². The lowest BCUT2D eigenvalue weighted by molar-refractivity contribution is 0.389. The van der Waals surface area contributed by atoms with Crippen LogP contribution in [-0.4, -0.2) is 72.5 Å². The van der Waals surface area contributed by atoms with E-state index >= 15 is 0 Å². The SMILES string of the molecule is COc1cccc(OC)c1-n1c(C[C@@H]2CCS(=O)(=O)C2)nnc1CS(=O)(=O)[C@@H](C)[C@H](C)c1ncc(Cl)cn1. The van der Waals surface area contributed by atoms with Gasteiger partial charge in [0.25, 0.3) is 0 Å². The van der Waals surface area contributed by atoms with E-state index in [1.807, 2.05) is 0 Å². The summed E-state index contributed by atoms with van der Waals surface area (Å²) in [6, 6.07) is 5.20. The Morgan fingerprint density at radius 2 is 1.68 bits per heavy atom. The van der Waals surface area contributed by atoms with Crippen molar-refractivity contribution in [2.24, 2.45) is 5.92 Å². The van der Waals surface area contributed by atoms with Crippen LogP contribution in [-0.2, 0) is 31.8 Å². The fourth-order valence-corrected chi connectivity index (χ4v) is 8.08. The third-order valence-corrected chi connectivity index (χ3v) is 11.1. The van der Waals surface area contributed by atoms with Crippen molar-refractivity contribution in [3.8, 4) is 17.2 Å². The van der Waals surface area contributed by atoms with E-state index in [1.54, 1.807) is 36.6 Å². The average molecular weight is 584 g/mol. The Balaban J connectivity index is 1.75. The molecule has 0 spiro atoms. The van der Waals surface area contributed by atoms with Gasteiger partial charge in [0, 0.05) is 24.7 Å². The van der Waals surface area contributed by atoms with Gasteiger partial charge < -0.3 is 9.47 Å². The maximum Gasteiger partial charge on any atom is 0.160 e. The molecule has 0 bridgehead atoms. The highest BCUT2D eigenvalue weighted by atomic mass is 35.5. The summed E-state index contributed by atoms with van der Waals surface area (Å²) in [5.41, 5.74) is 0.449. The number of sulfone groups is 2. The minimum Gasteiger partial charge on any atom is -0.494 e. The van der Waals surface area contributed by atoms with E-state index in [1.165, 1.54) is 26.6 Å². The molecule has 0 saturated carbocycles. The highest BCUT2D eigenvalue weighted by Crippen LogP contribution is 2.36. The summed E-state index contributed by atoms with van der Waals surface area (Å²) < 4.78 is 64.1. The zero-order chi connectivity index (χ0) is 27.7. The molecule has 1 aliphatic heterocycles. The van der Waals surface area contributed by atoms with Crippen LogP contribution in [0.25, 0.3) is 5.69 Å². The van der Waals surface area contributed by atoms with Crippen molar-refractivity contribution in [1.29, 1.82) is 0 Å². The van der Waals surface area contributed by atoms with Crippen LogP contribution in [0.3, 0.4) is 0 Å². The molecule has 14 heteroatoms. The number of aromatic nitrogens is 5. The quantitative estimate of drug-likeness (QED) is 0.349.